The number of rotatable bonds is 2. The van der Waals surface area contributed by atoms with Crippen LogP contribution in [0.3, 0.4) is 0 Å². The molecule has 9 heteroatoms. The van der Waals surface area contributed by atoms with Crippen LogP contribution in [0, 0.1) is 11.3 Å². The van der Waals surface area contributed by atoms with Gasteiger partial charge in [0.1, 0.15) is 10.2 Å². The van der Waals surface area contributed by atoms with Gasteiger partial charge in [0.05, 0.1) is 39.8 Å². The SMILES string of the molecule is Cn1c(=O)c2c(-c3cccc(C#N)c3)n3c(c2n(C)c1=O)[C@H](c1nc(Cl)cs1)CC3. The summed E-state index contributed by atoms with van der Waals surface area (Å²) in [4.78, 5) is 30.4. The molecule has 150 valence electrons. The molecule has 1 aliphatic rings. The van der Waals surface area contributed by atoms with Gasteiger partial charge in [-0.3, -0.25) is 13.9 Å². The lowest BCUT2D eigenvalue weighted by Crippen LogP contribution is -2.37. The van der Waals surface area contributed by atoms with Crippen molar-refractivity contribution in [2.75, 3.05) is 0 Å². The maximum Gasteiger partial charge on any atom is 0.331 e. The zero-order valence-electron chi connectivity index (χ0n) is 16.2. The highest BCUT2D eigenvalue weighted by molar-refractivity contribution is 7.10. The van der Waals surface area contributed by atoms with E-state index in [2.05, 4.69) is 15.6 Å². The van der Waals surface area contributed by atoms with E-state index >= 15 is 0 Å². The summed E-state index contributed by atoms with van der Waals surface area (Å²) in [6.45, 7) is 0.676. The van der Waals surface area contributed by atoms with E-state index < -0.39 is 0 Å². The van der Waals surface area contributed by atoms with Crippen molar-refractivity contribution in [1.29, 1.82) is 5.26 Å². The van der Waals surface area contributed by atoms with Crippen LogP contribution in [0.5, 0.6) is 0 Å². The van der Waals surface area contributed by atoms with Crippen LogP contribution in [0.25, 0.3) is 22.2 Å². The molecule has 1 aromatic carbocycles. The van der Waals surface area contributed by atoms with Gasteiger partial charge in [0.15, 0.2) is 0 Å². The summed E-state index contributed by atoms with van der Waals surface area (Å²) in [7, 11) is 3.17. The lowest BCUT2D eigenvalue weighted by Gasteiger charge is -2.10. The molecule has 0 saturated heterocycles. The fourth-order valence-corrected chi connectivity index (χ4v) is 5.52. The van der Waals surface area contributed by atoms with E-state index in [0.29, 0.717) is 28.2 Å². The summed E-state index contributed by atoms with van der Waals surface area (Å²) in [5, 5.41) is 12.9. The number of aromatic nitrogens is 4. The Balaban J connectivity index is 1.94. The molecule has 4 aromatic rings. The predicted octanol–water partition coefficient (Wildman–Crippen LogP) is 3.22. The first-order valence-electron chi connectivity index (χ1n) is 9.36. The molecule has 0 saturated carbocycles. The van der Waals surface area contributed by atoms with Crippen molar-refractivity contribution in [1.82, 2.24) is 18.7 Å². The molecule has 7 nitrogen and oxygen atoms in total. The molecule has 0 bridgehead atoms. The second kappa shape index (κ2) is 6.69. The van der Waals surface area contributed by atoms with Crippen molar-refractivity contribution in [3.63, 3.8) is 0 Å². The van der Waals surface area contributed by atoms with Crippen LogP contribution in [0.2, 0.25) is 5.15 Å². The Labute approximate surface area is 180 Å². The van der Waals surface area contributed by atoms with Crippen LogP contribution in [-0.2, 0) is 20.6 Å². The Morgan fingerprint density at radius 1 is 1.27 bits per heavy atom. The fraction of sp³-hybridized carbons (Fsp3) is 0.238. The number of benzene rings is 1. The molecule has 5 rings (SSSR count). The lowest BCUT2D eigenvalue weighted by atomic mass is 10.0. The molecule has 1 atom stereocenters. The molecule has 0 fully saturated rings. The van der Waals surface area contributed by atoms with E-state index in [9.17, 15) is 14.9 Å². The normalized spacial score (nSPS) is 15.5. The van der Waals surface area contributed by atoms with Crippen LogP contribution in [0.4, 0.5) is 0 Å². The highest BCUT2D eigenvalue weighted by Crippen LogP contribution is 2.44. The highest BCUT2D eigenvalue weighted by atomic mass is 35.5. The third kappa shape index (κ3) is 2.52. The summed E-state index contributed by atoms with van der Waals surface area (Å²) < 4.78 is 4.76. The third-order valence-electron chi connectivity index (χ3n) is 5.73. The minimum atomic E-state index is -0.374. The molecule has 30 heavy (non-hydrogen) atoms. The van der Waals surface area contributed by atoms with E-state index in [-0.39, 0.29) is 17.2 Å². The summed E-state index contributed by atoms with van der Waals surface area (Å²) in [5.41, 5.74) is 2.82. The van der Waals surface area contributed by atoms with E-state index in [0.717, 1.165) is 32.9 Å². The molecule has 0 spiro atoms. The average molecular weight is 438 g/mol. The molecule has 1 aliphatic heterocycles. The Bertz CT molecular complexity index is 1500. The van der Waals surface area contributed by atoms with E-state index in [1.807, 2.05) is 6.07 Å². The summed E-state index contributed by atoms with van der Waals surface area (Å²) in [6.07, 6.45) is 0.795. The van der Waals surface area contributed by atoms with Gasteiger partial charge in [-0.25, -0.2) is 9.78 Å². The number of nitriles is 1. The van der Waals surface area contributed by atoms with Gasteiger partial charge in [-0.15, -0.1) is 11.3 Å². The van der Waals surface area contributed by atoms with Crippen molar-refractivity contribution in [2.24, 2.45) is 14.1 Å². The first-order valence-corrected chi connectivity index (χ1v) is 10.6. The Kier molecular flexibility index (Phi) is 4.20. The lowest BCUT2D eigenvalue weighted by molar-refractivity contribution is 0.705. The van der Waals surface area contributed by atoms with Gasteiger partial charge in [-0.1, -0.05) is 23.7 Å². The number of nitrogens with zero attached hydrogens (tertiary/aromatic N) is 5. The van der Waals surface area contributed by atoms with Gasteiger partial charge >= 0.3 is 5.69 Å². The van der Waals surface area contributed by atoms with Gasteiger partial charge in [0, 0.05) is 31.6 Å². The molecule has 0 aliphatic carbocycles. The summed E-state index contributed by atoms with van der Waals surface area (Å²) in [5.74, 6) is -0.0596. The van der Waals surface area contributed by atoms with Gasteiger partial charge < -0.3 is 4.57 Å². The Morgan fingerprint density at radius 3 is 2.77 bits per heavy atom. The van der Waals surface area contributed by atoms with Crippen LogP contribution in [-0.4, -0.2) is 18.7 Å². The molecule has 0 unspecified atom stereocenters. The van der Waals surface area contributed by atoms with Gasteiger partial charge in [-0.2, -0.15) is 5.26 Å². The zero-order chi connectivity index (χ0) is 21.2. The number of hydrogen-bond donors (Lipinski definition) is 0. The summed E-state index contributed by atoms with van der Waals surface area (Å²) in [6, 6.07) is 9.36. The second-order valence-electron chi connectivity index (χ2n) is 7.36. The molecular weight excluding hydrogens is 422 g/mol. The van der Waals surface area contributed by atoms with Gasteiger partial charge in [0.25, 0.3) is 5.56 Å². The van der Waals surface area contributed by atoms with Crippen LogP contribution in [0.1, 0.15) is 28.6 Å². The van der Waals surface area contributed by atoms with Crippen molar-refractivity contribution in [3.05, 3.63) is 71.9 Å². The monoisotopic (exact) mass is 437 g/mol. The maximum absolute atomic E-state index is 13.2. The Hall–Kier alpha value is -3.15. The van der Waals surface area contributed by atoms with Crippen LogP contribution in [0.15, 0.2) is 39.2 Å². The Morgan fingerprint density at radius 2 is 2.07 bits per heavy atom. The number of fused-ring (bicyclic) bond motifs is 3. The topological polar surface area (TPSA) is 85.6 Å². The van der Waals surface area contributed by atoms with Gasteiger partial charge in [0.2, 0.25) is 0 Å². The van der Waals surface area contributed by atoms with Crippen molar-refractivity contribution >= 4 is 33.8 Å². The number of halogens is 1. The predicted molar refractivity (Wildman–Crippen MR) is 116 cm³/mol. The van der Waals surface area contributed by atoms with E-state index in [1.54, 1.807) is 30.6 Å². The van der Waals surface area contributed by atoms with Crippen molar-refractivity contribution in [2.45, 2.75) is 18.9 Å². The van der Waals surface area contributed by atoms with Crippen molar-refractivity contribution < 1.29 is 0 Å². The molecule has 0 amide bonds. The van der Waals surface area contributed by atoms with Crippen LogP contribution >= 0.6 is 22.9 Å². The molecule has 0 radical (unpaired) electrons. The van der Waals surface area contributed by atoms with E-state index in [1.165, 1.54) is 23.0 Å². The highest BCUT2D eigenvalue weighted by Gasteiger charge is 2.35. The summed E-state index contributed by atoms with van der Waals surface area (Å²) >= 11 is 7.55. The van der Waals surface area contributed by atoms with Crippen LogP contribution < -0.4 is 11.2 Å². The zero-order valence-corrected chi connectivity index (χ0v) is 17.8. The minimum Gasteiger partial charge on any atom is -0.341 e. The number of aryl methyl sites for hydroxylation is 1. The first-order chi connectivity index (χ1) is 14.4. The second-order valence-corrected chi connectivity index (χ2v) is 8.63. The number of thiazole rings is 1. The third-order valence-corrected chi connectivity index (χ3v) is 7.01. The maximum atomic E-state index is 13.2. The quantitative estimate of drug-likeness (QED) is 0.482. The van der Waals surface area contributed by atoms with E-state index in [4.69, 9.17) is 11.6 Å². The smallest absolute Gasteiger partial charge is 0.331 e. The first kappa shape index (κ1) is 18.9. The molecule has 4 heterocycles. The largest absolute Gasteiger partial charge is 0.341 e. The standard InChI is InChI=1S/C21H16ClN5O2S/c1-25-18-15(20(28)26(2)21(25)29)16(12-5-3-4-11(8-12)9-23)27-7-6-13(17(18)27)19-24-14(22)10-30-19/h3-5,8,10,13H,6-7H2,1-2H3/t13-/m1/s1. The van der Waals surface area contributed by atoms with Gasteiger partial charge in [-0.05, 0) is 18.6 Å². The molecular formula is C21H16ClN5O2S. The van der Waals surface area contributed by atoms with Crippen molar-refractivity contribution in [3.8, 4) is 17.3 Å². The number of hydrogen-bond acceptors (Lipinski definition) is 5. The molecule has 3 aromatic heterocycles. The minimum absolute atomic E-state index is 0.0596. The average Bonchev–Trinajstić information content (AvgIpc) is 3.44. The molecule has 0 N–H and O–H groups in total. The fourth-order valence-electron chi connectivity index (χ4n) is 4.42.